The van der Waals surface area contributed by atoms with Gasteiger partial charge in [-0.05, 0) is 36.4 Å². The third kappa shape index (κ3) is 4.57. The fourth-order valence-corrected chi connectivity index (χ4v) is 2.37. The maximum absolute atomic E-state index is 12.0. The molecule has 0 saturated heterocycles. The van der Waals surface area contributed by atoms with Gasteiger partial charge < -0.3 is 10.1 Å². The SMILES string of the molecule is COc1ccc(C(=O)NCC(=O)NN=C=C2C=c3ccccc3=NC2=O)cc1. The van der Waals surface area contributed by atoms with Gasteiger partial charge in [-0.1, -0.05) is 18.2 Å². The molecule has 1 aliphatic heterocycles. The number of benzene rings is 2. The molecule has 0 saturated carbocycles. The van der Waals surface area contributed by atoms with Crippen molar-refractivity contribution in [1.29, 1.82) is 0 Å². The zero-order valence-corrected chi connectivity index (χ0v) is 14.9. The summed E-state index contributed by atoms with van der Waals surface area (Å²) in [4.78, 5) is 39.6. The summed E-state index contributed by atoms with van der Waals surface area (Å²) in [5.41, 5.74) is 2.72. The Morgan fingerprint density at radius 3 is 2.64 bits per heavy atom. The lowest BCUT2D eigenvalue weighted by molar-refractivity contribution is -0.120. The minimum Gasteiger partial charge on any atom is -0.497 e. The van der Waals surface area contributed by atoms with Crippen LogP contribution in [-0.2, 0) is 9.59 Å². The van der Waals surface area contributed by atoms with E-state index in [-0.39, 0.29) is 12.1 Å². The summed E-state index contributed by atoms with van der Waals surface area (Å²) in [6.07, 6.45) is 1.59. The molecule has 0 spiro atoms. The molecular formula is C20H16N4O4. The third-order valence-electron chi connectivity index (χ3n) is 3.81. The van der Waals surface area contributed by atoms with E-state index in [1.807, 2.05) is 6.07 Å². The molecule has 2 aromatic carbocycles. The van der Waals surface area contributed by atoms with Crippen LogP contribution in [0.1, 0.15) is 10.4 Å². The minimum atomic E-state index is -0.560. The van der Waals surface area contributed by atoms with Gasteiger partial charge in [-0.2, -0.15) is 0 Å². The fourth-order valence-electron chi connectivity index (χ4n) is 2.37. The maximum Gasteiger partial charge on any atom is 0.287 e. The number of amides is 3. The van der Waals surface area contributed by atoms with Gasteiger partial charge in [0, 0.05) is 16.7 Å². The van der Waals surface area contributed by atoms with E-state index in [4.69, 9.17) is 4.74 Å². The van der Waals surface area contributed by atoms with Crippen molar-refractivity contribution in [2.45, 2.75) is 0 Å². The second kappa shape index (κ2) is 8.57. The smallest absolute Gasteiger partial charge is 0.287 e. The van der Waals surface area contributed by atoms with Crippen LogP contribution in [0.25, 0.3) is 6.08 Å². The second-order valence-electron chi connectivity index (χ2n) is 5.70. The number of carbonyl (C=O) groups excluding carboxylic acids is 3. The molecule has 28 heavy (non-hydrogen) atoms. The summed E-state index contributed by atoms with van der Waals surface area (Å²) in [6.45, 7) is -0.282. The Labute approximate surface area is 159 Å². The van der Waals surface area contributed by atoms with Crippen molar-refractivity contribution < 1.29 is 19.1 Å². The lowest BCUT2D eigenvalue weighted by atomic mass is 10.1. The molecule has 3 amide bonds. The third-order valence-corrected chi connectivity index (χ3v) is 3.81. The Morgan fingerprint density at radius 2 is 1.89 bits per heavy atom. The monoisotopic (exact) mass is 376 g/mol. The molecule has 1 heterocycles. The molecule has 0 unspecified atom stereocenters. The van der Waals surface area contributed by atoms with Crippen LogP contribution < -0.4 is 26.1 Å². The number of hydrogen-bond acceptors (Lipinski definition) is 5. The van der Waals surface area contributed by atoms with Crippen LogP contribution in [-0.4, -0.2) is 37.2 Å². The van der Waals surface area contributed by atoms with Crippen LogP contribution in [0.4, 0.5) is 0 Å². The van der Waals surface area contributed by atoms with E-state index < -0.39 is 17.7 Å². The van der Waals surface area contributed by atoms with E-state index >= 15 is 0 Å². The van der Waals surface area contributed by atoms with Gasteiger partial charge in [0.15, 0.2) is 0 Å². The van der Waals surface area contributed by atoms with E-state index in [2.05, 4.69) is 26.7 Å². The van der Waals surface area contributed by atoms with E-state index in [1.54, 1.807) is 48.5 Å². The average Bonchev–Trinajstić information content (AvgIpc) is 2.72. The Bertz CT molecular complexity index is 1110. The van der Waals surface area contributed by atoms with Crippen LogP contribution >= 0.6 is 0 Å². The van der Waals surface area contributed by atoms with Crippen molar-refractivity contribution in [2.24, 2.45) is 10.1 Å². The molecule has 1 aliphatic rings. The number of hydrogen-bond donors (Lipinski definition) is 2. The van der Waals surface area contributed by atoms with E-state index in [0.29, 0.717) is 16.7 Å². The van der Waals surface area contributed by atoms with Crippen molar-refractivity contribution in [1.82, 2.24) is 10.7 Å². The summed E-state index contributed by atoms with van der Waals surface area (Å²) in [7, 11) is 1.53. The molecule has 0 radical (unpaired) electrons. The molecule has 2 N–H and O–H groups in total. The number of rotatable bonds is 5. The van der Waals surface area contributed by atoms with Crippen LogP contribution in [0.2, 0.25) is 0 Å². The van der Waals surface area contributed by atoms with Crippen LogP contribution in [0.15, 0.2) is 64.2 Å². The van der Waals surface area contributed by atoms with Gasteiger partial charge in [0.1, 0.15) is 11.3 Å². The number of methoxy groups -OCH3 is 1. The zero-order chi connectivity index (χ0) is 19.9. The van der Waals surface area contributed by atoms with Gasteiger partial charge in [-0.3, -0.25) is 14.4 Å². The minimum absolute atomic E-state index is 0.126. The highest BCUT2D eigenvalue weighted by Crippen LogP contribution is 2.10. The van der Waals surface area contributed by atoms with Crippen molar-refractivity contribution in [3.63, 3.8) is 0 Å². The molecular weight excluding hydrogens is 360 g/mol. The Hall–Kier alpha value is -4.03. The summed E-state index contributed by atoms with van der Waals surface area (Å²) in [5, 5.41) is 7.43. The van der Waals surface area contributed by atoms with Crippen molar-refractivity contribution in [3.05, 3.63) is 70.2 Å². The molecule has 140 valence electrons. The number of nitrogens with one attached hydrogen (secondary N) is 2. The Morgan fingerprint density at radius 1 is 1.14 bits per heavy atom. The lowest BCUT2D eigenvalue weighted by Crippen LogP contribution is -2.34. The predicted octanol–water partition coefficient (Wildman–Crippen LogP) is -0.307. The highest BCUT2D eigenvalue weighted by Gasteiger charge is 2.10. The first-order chi connectivity index (χ1) is 13.6. The van der Waals surface area contributed by atoms with Gasteiger partial charge in [-0.15, -0.1) is 5.10 Å². The van der Waals surface area contributed by atoms with Crippen LogP contribution in [0.3, 0.4) is 0 Å². The maximum atomic E-state index is 12.0. The fraction of sp³-hybridized carbons (Fsp3) is 0.100. The first kappa shape index (κ1) is 18.8. The topological polar surface area (TPSA) is 109 Å². The normalized spacial score (nSPS) is 11.9. The Balaban J connectivity index is 1.58. The zero-order valence-electron chi connectivity index (χ0n) is 14.9. The highest BCUT2D eigenvalue weighted by molar-refractivity contribution is 6.10. The van der Waals surface area contributed by atoms with Crippen molar-refractivity contribution in [3.8, 4) is 5.75 Å². The molecule has 0 bridgehead atoms. The molecule has 0 aromatic heterocycles. The Kier molecular flexibility index (Phi) is 5.74. The number of hydrazone groups is 1. The molecule has 8 nitrogen and oxygen atoms in total. The standard InChI is InChI=1S/C20H16N4O4/c1-28-16-8-6-13(7-9-16)19(26)21-12-18(25)24-22-11-15-10-14-4-2-3-5-17(14)23-20(15)27/h2-10H,12H2,1H3,(H,21,26)(H,24,25). The van der Waals surface area contributed by atoms with E-state index in [1.165, 1.54) is 7.11 Å². The van der Waals surface area contributed by atoms with Crippen LogP contribution in [0, 0.1) is 0 Å². The summed E-state index contributed by atoms with van der Waals surface area (Å²) < 4.78 is 5.02. The second-order valence-corrected chi connectivity index (χ2v) is 5.70. The average molecular weight is 376 g/mol. The molecule has 0 aliphatic carbocycles. The number of nitrogens with zero attached hydrogens (tertiary/aromatic N) is 2. The summed E-state index contributed by atoms with van der Waals surface area (Å²) in [5.74, 6) is 1.62. The predicted molar refractivity (Wildman–Crippen MR) is 101 cm³/mol. The van der Waals surface area contributed by atoms with Crippen molar-refractivity contribution in [2.75, 3.05) is 13.7 Å². The molecule has 0 fully saturated rings. The first-order valence-corrected chi connectivity index (χ1v) is 8.30. The molecule has 3 rings (SSSR count). The van der Waals surface area contributed by atoms with Crippen LogP contribution in [0.5, 0.6) is 5.75 Å². The van der Waals surface area contributed by atoms with Gasteiger partial charge >= 0.3 is 0 Å². The van der Waals surface area contributed by atoms with Gasteiger partial charge in [0.2, 0.25) is 0 Å². The molecule has 8 heteroatoms. The number of ether oxygens (including phenoxy) is 1. The summed E-state index contributed by atoms with van der Waals surface area (Å²) in [6, 6.07) is 13.6. The first-order valence-electron chi connectivity index (χ1n) is 8.30. The number of fused-ring (bicyclic) bond motifs is 1. The molecule has 2 aromatic rings. The van der Waals surface area contributed by atoms with Gasteiger partial charge in [-0.25, -0.2) is 10.4 Å². The quantitative estimate of drug-likeness (QED) is 0.424. The van der Waals surface area contributed by atoms with E-state index in [9.17, 15) is 14.4 Å². The largest absolute Gasteiger partial charge is 0.497 e. The van der Waals surface area contributed by atoms with Gasteiger partial charge in [0.25, 0.3) is 17.7 Å². The van der Waals surface area contributed by atoms with E-state index in [0.717, 1.165) is 5.22 Å². The lowest BCUT2D eigenvalue weighted by Gasteiger charge is -2.05. The number of carbonyl (C=O) groups is 3. The highest BCUT2D eigenvalue weighted by atomic mass is 16.5. The van der Waals surface area contributed by atoms with Gasteiger partial charge in [0.05, 0.1) is 19.0 Å². The summed E-state index contributed by atoms with van der Waals surface area (Å²) >= 11 is 0. The molecule has 0 atom stereocenters. The number of para-hydroxylation sites is 1. The van der Waals surface area contributed by atoms with Crippen molar-refractivity contribution >= 4 is 29.7 Å².